The molecule has 1 aromatic heterocycles. The Hall–Kier alpha value is -3.74. The van der Waals surface area contributed by atoms with Crippen molar-refractivity contribution in [1.29, 1.82) is 0 Å². The van der Waals surface area contributed by atoms with Crippen molar-refractivity contribution in [3.05, 3.63) is 66.5 Å². The minimum atomic E-state index is -0.307. The molecule has 7 nitrogen and oxygen atoms in total. The predicted molar refractivity (Wildman–Crippen MR) is 108 cm³/mol. The van der Waals surface area contributed by atoms with E-state index in [0.717, 1.165) is 5.69 Å². The Morgan fingerprint density at radius 3 is 2.32 bits per heavy atom. The van der Waals surface area contributed by atoms with Crippen molar-refractivity contribution >= 4 is 23.0 Å². The van der Waals surface area contributed by atoms with E-state index < -0.39 is 0 Å². The van der Waals surface area contributed by atoms with E-state index in [1.165, 1.54) is 0 Å². The number of rotatable bonds is 7. The van der Waals surface area contributed by atoms with Crippen molar-refractivity contribution < 1.29 is 19.0 Å². The second kappa shape index (κ2) is 8.77. The summed E-state index contributed by atoms with van der Waals surface area (Å²) in [6.07, 6.45) is 1.58. The van der Waals surface area contributed by atoms with Crippen molar-refractivity contribution in [3.8, 4) is 17.2 Å². The van der Waals surface area contributed by atoms with Gasteiger partial charge in [-0.2, -0.15) is 0 Å². The number of methoxy groups -OCH3 is 3. The molecule has 1 heterocycles. The summed E-state index contributed by atoms with van der Waals surface area (Å²) in [6.45, 7) is 0. The van der Waals surface area contributed by atoms with E-state index in [9.17, 15) is 4.79 Å². The number of benzene rings is 2. The van der Waals surface area contributed by atoms with Crippen LogP contribution in [0.4, 0.5) is 17.1 Å². The Kier molecular flexibility index (Phi) is 5.96. The normalized spacial score (nSPS) is 10.1. The van der Waals surface area contributed by atoms with Crippen LogP contribution in [0.5, 0.6) is 17.2 Å². The van der Waals surface area contributed by atoms with E-state index in [1.54, 1.807) is 63.9 Å². The van der Waals surface area contributed by atoms with E-state index in [4.69, 9.17) is 14.2 Å². The van der Waals surface area contributed by atoms with Gasteiger partial charge < -0.3 is 24.8 Å². The maximum atomic E-state index is 12.4. The van der Waals surface area contributed by atoms with Gasteiger partial charge in [-0.1, -0.05) is 6.07 Å². The van der Waals surface area contributed by atoms with E-state index >= 15 is 0 Å². The molecule has 0 atom stereocenters. The second-order valence-corrected chi connectivity index (χ2v) is 5.81. The molecule has 1 amide bonds. The summed E-state index contributed by atoms with van der Waals surface area (Å²) in [5, 5.41) is 6.01. The number of hydrogen-bond acceptors (Lipinski definition) is 6. The number of anilines is 3. The van der Waals surface area contributed by atoms with Gasteiger partial charge in [0.05, 0.1) is 38.9 Å². The fraction of sp³-hybridized carbons (Fsp3) is 0.143. The number of ether oxygens (including phenoxy) is 3. The molecule has 28 heavy (non-hydrogen) atoms. The SMILES string of the molecule is COc1cccc(NC(=O)c2ccc(Nc3cc(OC)ccc3OC)cn2)c1. The number of aromatic nitrogens is 1. The number of nitrogens with one attached hydrogen (secondary N) is 2. The molecule has 2 aromatic carbocycles. The van der Waals surface area contributed by atoms with Gasteiger partial charge >= 0.3 is 0 Å². The molecule has 3 aromatic rings. The first-order valence-electron chi connectivity index (χ1n) is 8.53. The Balaban J connectivity index is 1.72. The Bertz CT molecular complexity index is 958. The first-order chi connectivity index (χ1) is 13.6. The lowest BCUT2D eigenvalue weighted by Gasteiger charge is -2.13. The third-order valence-electron chi connectivity index (χ3n) is 4.01. The van der Waals surface area contributed by atoms with Crippen LogP contribution in [0, 0.1) is 0 Å². The van der Waals surface area contributed by atoms with Crippen LogP contribution < -0.4 is 24.8 Å². The molecule has 0 aliphatic heterocycles. The van der Waals surface area contributed by atoms with Crippen LogP contribution in [0.25, 0.3) is 0 Å². The summed E-state index contributed by atoms with van der Waals surface area (Å²) in [6, 6.07) is 16.0. The fourth-order valence-corrected chi connectivity index (χ4v) is 2.57. The summed E-state index contributed by atoms with van der Waals surface area (Å²) in [7, 11) is 4.77. The van der Waals surface area contributed by atoms with Crippen LogP contribution in [0.15, 0.2) is 60.8 Å². The monoisotopic (exact) mass is 379 g/mol. The standard InChI is InChI=1S/C21H21N3O4/c1-26-16-6-4-5-14(11-16)24-21(25)18-9-7-15(13-22-18)23-19-12-17(27-2)8-10-20(19)28-3/h4-13,23H,1-3H3,(H,24,25). The minimum Gasteiger partial charge on any atom is -0.497 e. The van der Waals surface area contributed by atoms with Gasteiger partial charge in [-0.15, -0.1) is 0 Å². The molecule has 0 unspecified atom stereocenters. The molecular formula is C21H21N3O4. The Morgan fingerprint density at radius 1 is 0.857 bits per heavy atom. The zero-order valence-electron chi connectivity index (χ0n) is 15.9. The van der Waals surface area contributed by atoms with Crippen molar-refractivity contribution in [3.63, 3.8) is 0 Å². The van der Waals surface area contributed by atoms with Crippen LogP contribution in [-0.2, 0) is 0 Å². The van der Waals surface area contributed by atoms with E-state index in [1.807, 2.05) is 18.2 Å². The van der Waals surface area contributed by atoms with Gasteiger partial charge in [-0.3, -0.25) is 4.79 Å². The molecule has 144 valence electrons. The predicted octanol–water partition coefficient (Wildman–Crippen LogP) is 4.10. The maximum Gasteiger partial charge on any atom is 0.274 e. The summed E-state index contributed by atoms with van der Waals surface area (Å²) in [4.78, 5) is 16.6. The Morgan fingerprint density at radius 2 is 1.64 bits per heavy atom. The molecule has 3 rings (SSSR count). The third-order valence-corrected chi connectivity index (χ3v) is 4.01. The van der Waals surface area contributed by atoms with E-state index in [2.05, 4.69) is 15.6 Å². The van der Waals surface area contributed by atoms with Gasteiger partial charge in [-0.05, 0) is 36.4 Å². The fourth-order valence-electron chi connectivity index (χ4n) is 2.57. The first-order valence-corrected chi connectivity index (χ1v) is 8.53. The molecule has 0 saturated carbocycles. The molecule has 0 aliphatic rings. The molecule has 0 fully saturated rings. The number of amides is 1. The topological polar surface area (TPSA) is 81.7 Å². The van der Waals surface area contributed by atoms with Gasteiger partial charge in [0.15, 0.2) is 0 Å². The lowest BCUT2D eigenvalue weighted by Crippen LogP contribution is -2.13. The van der Waals surface area contributed by atoms with Gasteiger partial charge in [0, 0.05) is 17.8 Å². The zero-order valence-corrected chi connectivity index (χ0v) is 15.9. The molecule has 0 spiro atoms. The average Bonchev–Trinajstić information content (AvgIpc) is 2.74. The Labute approximate surface area is 163 Å². The first kappa shape index (κ1) is 19.0. The van der Waals surface area contributed by atoms with Crippen molar-refractivity contribution in [2.75, 3.05) is 32.0 Å². The van der Waals surface area contributed by atoms with Crippen LogP contribution in [-0.4, -0.2) is 32.2 Å². The molecular weight excluding hydrogens is 358 g/mol. The summed E-state index contributed by atoms with van der Waals surface area (Å²) < 4.78 is 15.7. The van der Waals surface area contributed by atoms with Gasteiger partial charge in [0.25, 0.3) is 5.91 Å². The highest BCUT2D eigenvalue weighted by molar-refractivity contribution is 6.03. The number of hydrogen-bond donors (Lipinski definition) is 2. The van der Waals surface area contributed by atoms with Crippen LogP contribution in [0.3, 0.4) is 0 Å². The molecule has 7 heteroatoms. The zero-order chi connectivity index (χ0) is 19.9. The summed E-state index contributed by atoms with van der Waals surface area (Å²) in [5.74, 6) is 1.72. The highest BCUT2D eigenvalue weighted by atomic mass is 16.5. The van der Waals surface area contributed by atoms with Crippen molar-refractivity contribution in [2.45, 2.75) is 0 Å². The van der Waals surface area contributed by atoms with Crippen LogP contribution >= 0.6 is 0 Å². The van der Waals surface area contributed by atoms with Gasteiger partial charge in [0.1, 0.15) is 22.9 Å². The smallest absolute Gasteiger partial charge is 0.274 e. The highest BCUT2D eigenvalue weighted by Crippen LogP contribution is 2.31. The van der Waals surface area contributed by atoms with Crippen molar-refractivity contribution in [2.24, 2.45) is 0 Å². The van der Waals surface area contributed by atoms with Crippen LogP contribution in [0.1, 0.15) is 10.5 Å². The molecule has 0 saturated heterocycles. The molecule has 2 N–H and O–H groups in total. The minimum absolute atomic E-state index is 0.297. The number of carbonyl (C=O) groups is 1. The second-order valence-electron chi connectivity index (χ2n) is 5.81. The lowest BCUT2D eigenvalue weighted by molar-refractivity contribution is 0.102. The number of pyridine rings is 1. The van der Waals surface area contributed by atoms with Crippen molar-refractivity contribution in [1.82, 2.24) is 4.98 Å². The molecule has 0 aliphatic carbocycles. The largest absolute Gasteiger partial charge is 0.497 e. The van der Waals surface area contributed by atoms with Gasteiger partial charge in [0.2, 0.25) is 0 Å². The molecule has 0 radical (unpaired) electrons. The summed E-state index contributed by atoms with van der Waals surface area (Å²) >= 11 is 0. The highest BCUT2D eigenvalue weighted by Gasteiger charge is 2.10. The third kappa shape index (κ3) is 4.50. The number of nitrogens with zero attached hydrogens (tertiary/aromatic N) is 1. The van der Waals surface area contributed by atoms with E-state index in [0.29, 0.717) is 34.3 Å². The maximum absolute atomic E-state index is 12.4. The van der Waals surface area contributed by atoms with Crippen LogP contribution in [0.2, 0.25) is 0 Å². The summed E-state index contributed by atoms with van der Waals surface area (Å²) in [5.41, 5.74) is 2.38. The molecule has 0 bridgehead atoms. The number of carbonyl (C=O) groups excluding carboxylic acids is 1. The average molecular weight is 379 g/mol. The quantitative estimate of drug-likeness (QED) is 0.643. The van der Waals surface area contributed by atoms with Gasteiger partial charge in [-0.25, -0.2) is 4.98 Å². The van der Waals surface area contributed by atoms with E-state index in [-0.39, 0.29) is 5.91 Å². The lowest BCUT2D eigenvalue weighted by atomic mass is 10.2.